The van der Waals surface area contributed by atoms with Crippen LogP contribution in [0.15, 0.2) is 0 Å². The van der Waals surface area contributed by atoms with Gasteiger partial charge in [-0.15, -0.1) is 12.6 Å². The molecule has 0 aromatic rings. The van der Waals surface area contributed by atoms with Crippen LogP contribution in [0.25, 0.3) is 0 Å². The second kappa shape index (κ2) is 15.3. The molecule has 0 amide bonds. The first-order valence-corrected chi connectivity index (χ1v) is 8.05. The van der Waals surface area contributed by atoms with Gasteiger partial charge in [-0.2, -0.15) is 29.0 Å². The SMILES string of the molecule is N[C@@H](CCS)C(=O)OC(=O)OC(=O)[C@](S)(CCS)N(S)S.[NaH].[NaH]. The van der Waals surface area contributed by atoms with Crippen molar-refractivity contribution in [1.82, 2.24) is 3.71 Å². The molecule has 0 heterocycles. The average molecular weight is 441 g/mol. The van der Waals surface area contributed by atoms with Gasteiger partial charge in [0, 0.05) is 0 Å². The van der Waals surface area contributed by atoms with Crippen molar-refractivity contribution in [3.63, 3.8) is 0 Å². The Morgan fingerprint density at radius 3 is 2.00 bits per heavy atom. The molecule has 0 aromatic heterocycles. The number of hydrogen-bond acceptors (Lipinski definition) is 12. The second-order valence-electron chi connectivity index (χ2n) is 3.76. The molecule has 0 aliphatic carbocycles. The number of nitrogens with two attached hydrogens (primary N) is 1. The van der Waals surface area contributed by atoms with Gasteiger partial charge in [0.1, 0.15) is 6.04 Å². The summed E-state index contributed by atoms with van der Waals surface area (Å²) in [7, 11) is 0. The molecule has 0 spiro atoms. The predicted octanol–water partition coefficient (Wildman–Crippen LogP) is -0.519. The van der Waals surface area contributed by atoms with Crippen LogP contribution in [0.3, 0.4) is 0 Å². The Labute approximate surface area is 206 Å². The van der Waals surface area contributed by atoms with Gasteiger partial charge in [0.25, 0.3) is 0 Å². The van der Waals surface area contributed by atoms with Crippen molar-refractivity contribution in [2.75, 3.05) is 11.5 Å². The number of carbonyl (C=O) groups is 3. The molecule has 0 fully saturated rings. The Morgan fingerprint density at radius 2 is 1.61 bits per heavy atom. The number of nitrogens with zero attached hydrogens (tertiary/aromatic N) is 1. The Hall–Kier alpha value is 2.28. The van der Waals surface area contributed by atoms with E-state index >= 15 is 0 Å². The van der Waals surface area contributed by atoms with Crippen LogP contribution in [0, 0.1) is 0 Å². The van der Waals surface area contributed by atoms with Crippen molar-refractivity contribution in [3.8, 4) is 0 Å². The average Bonchev–Trinajstić information content (AvgIpc) is 2.38. The quantitative estimate of drug-likeness (QED) is 0.104. The van der Waals surface area contributed by atoms with Crippen LogP contribution in [0.4, 0.5) is 4.79 Å². The number of rotatable bonds is 7. The zero-order valence-electron chi connectivity index (χ0n) is 10.7. The van der Waals surface area contributed by atoms with Crippen LogP contribution >= 0.6 is 63.5 Å². The van der Waals surface area contributed by atoms with Gasteiger partial charge < -0.3 is 15.2 Å². The Kier molecular flexibility index (Phi) is 20.0. The third kappa shape index (κ3) is 10.9. The van der Waals surface area contributed by atoms with Gasteiger partial charge in [0.05, 0.1) is 0 Å². The second-order valence-corrected chi connectivity index (χ2v) is 6.51. The normalized spacial score (nSPS) is 13.9. The summed E-state index contributed by atoms with van der Waals surface area (Å²) in [5, 5.41) is 0. The number of hydrogen-bond donors (Lipinski definition) is 6. The first kappa shape index (κ1) is 30.0. The van der Waals surface area contributed by atoms with Crippen molar-refractivity contribution >= 4 is 141 Å². The fraction of sp³-hybridized carbons (Fsp3) is 0.667. The topological polar surface area (TPSA) is 98.9 Å². The molecule has 2 atom stereocenters. The zero-order chi connectivity index (χ0) is 16.6. The minimum absolute atomic E-state index is 0. The zero-order valence-corrected chi connectivity index (χ0v) is 15.2. The summed E-state index contributed by atoms with van der Waals surface area (Å²) >= 11 is 19.6. The van der Waals surface area contributed by atoms with Crippen LogP contribution in [0.2, 0.25) is 0 Å². The van der Waals surface area contributed by atoms with E-state index in [0.29, 0.717) is 5.75 Å². The molecule has 23 heavy (non-hydrogen) atoms. The summed E-state index contributed by atoms with van der Waals surface area (Å²) in [6, 6.07) is -1.03. The molecule has 126 valence electrons. The van der Waals surface area contributed by atoms with Crippen LogP contribution in [0.5, 0.6) is 0 Å². The molecule has 0 unspecified atom stereocenters. The first-order valence-electron chi connectivity index (χ1n) is 5.54. The Morgan fingerprint density at radius 1 is 1.09 bits per heavy atom. The van der Waals surface area contributed by atoms with E-state index in [1.54, 1.807) is 0 Å². The molecule has 2 N–H and O–H groups in total. The number of ether oxygens (including phenoxy) is 2. The molecular formula is C9H18N2Na2O5S5. The van der Waals surface area contributed by atoms with Crippen LogP contribution < -0.4 is 5.73 Å². The molecule has 0 radical (unpaired) electrons. The maximum absolute atomic E-state index is 11.9. The van der Waals surface area contributed by atoms with Gasteiger partial charge in [0.15, 0.2) is 4.87 Å². The molecule has 0 saturated heterocycles. The van der Waals surface area contributed by atoms with E-state index in [1.807, 2.05) is 0 Å². The summed E-state index contributed by atoms with van der Waals surface area (Å²) in [5.41, 5.74) is 5.41. The summed E-state index contributed by atoms with van der Waals surface area (Å²) in [4.78, 5) is 33.0. The monoisotopic (exact) mass is 440 g/mol. The van der Waals surface area contributed by atoms with Crippen LogP contribution in [-0.2, 0) is 19.1 Å². The first-order chi connectivity index (χ1) is 9.68. The fourth-order valence-corrected chi connectivity index (χ4v) is 2.33. The van der Waals surface area contributed by atoms with E-state index in [1.165, 1.54) is 0 Å². The number of carbonyl (C=O) groups excluding carboxylic acids is 3. The molecule has 0 saturated carbocycles. The van der Waals surface area contributed by atoms with E-state index < -0.39 is 29.0 Å². The predicted molar refractivity (Wildman–Crippen MR) is 108 cm³/mol. The summed E-state index contributed by atoms with van der Waals surface area (Å²) in [6.45, 7) is 0. The fourth-order valence-electron chi connectivity index (χ4n) is 1.03. The molecule has 14 heteroatoms. The van der Waals surface area contributed by atoms with Gasteiger partial charge in [-0.3, -0.25) is 0 Å². The molecule has 0 aliphatic rings. The van der Waals surface area contributed by atoms with Crippen molar-refractivity contribution in [2.24, 2.45) is 5.73 Å². The third-order valence-corrected chi connectivity index (χ3v) is 4.31. The molecule has 0 bridgehead atoms. The van der Waals surface area contributed by atoms with E-state index in [9.17, 15) is 14.4 Å². The summed E-state index contributed by atoms with van der Waals surface area (Å²) < 4.78 is 9.53. The standard InChI is InChI=1S/C9H16N2O5S5.2Na.2H/c10-5(1-3-17)6(12)15-8(14)16-7(13)9(19,2-4-18)11(20)21;;;;/h5,17-21H,1-4,10H2;;;;/t5-,9+;;;;/m0..../s1. The summed E-state index contributed by atoms with van der Waals surface area (Å²) in [6.07, 6.45) is -1.22. The van der Waals surface area contributed by atoms with Crippen molar-refractivity contribution in [1.29, 1.82) is 0 Å². The summed E-state index contributed by atoms with van der Waals surface area (Å²) in [5.74, 6) is -1.54. The molecular weight excluding hydrogens is 422 g/mol. The van der Waals surface area contributed by atoms with Gasteiger partial charge in [-0.1, -0.05) is 25.6 Å². The number of esters is 2. The third-order valence-electron chi connectivity index (χ3n) is 2.22. The van der Waals surface area contributed by atoms with Crippen molar-refractivity contribution in [2.45, 2.75) is 23.8 Å². The molecule has 0 rings (SSSR count). The van der Waals surface area contributed by atoms with E-state index in [4.69, 9.17) is 5.73 Å². The van der Waals surface area contributed by atoms with Gasteiger partial charge in [-0.25, -0.2) is 14.4 Å². The van der Waals surface area contributed by atoms with Crippen molar-refractivity contribution in [3.05, 3.63) is 0 Å². The molecule has 0 aromatic carbocycles. The number of thiol groups is 5. The minimum atomic E-state index is -1.62. The molecule has 7 nitrogen and oxygen atoms in total. The van der Waals surface area contributed by atoms with E-state index in [2.05, 4.69) is 73.0 Å². The van der Waals surface area contributed by atoms with E-state index in [-0.39, 0.29) is 77.7 Å². The van der Waals surface area contributed by atoms with Gasteiger partial charge >= 0.3 is 77.2 Å². The van der Waals surface area contributed by atoms with Crippen molar-refractivity contribution < 1.29 is 23.9 Å². The van der Waals surface area contributed by atoms with E-state index in [0.717, 1.165) is 3.71 Å². The maximum atomic E-state index is 11.9. The Bertz CT molecular complexity index is 407. The van der Waals surface area contributed by atoms with Crippen LogP contribution in [0.1, 0.15) is 12.8 Å². The molecule has 0 aliphatic heterocycles. The van der Waals surface area contributed by atoms with Crippen LogP contribution in [-0.4, -0.2) is 103 Å². The van der Waals surface area contributed by atoms with Gasteiger partial charge in [-0.05, 0) is 24.3 Å². The van der Waals surface area contributed by atoms with Gasteiger partial charge in [0.2, 0.25) is 0 Å². The Balaban J connectivity index is -0.00000200.